The van der Waals surface area contributed by atoms with Crippen LogP contribution < -0.4 is 14.4 Å². The highest BCUT2D eigenvalue weighted by molar-refractivity contribution is 7.89. The number of methoxy groups -OCH3 is 1. The smallest absolute Gasteiger partial charge is 0.241 e. The highest BCUT2D eigenvalue weighted by Crippen LogP contribution is 2.20. The fourth-order valence-electron chi connectivity index (χ4n) is 3.68. The maximum Gasteiger partial charge on any atom is 0.241 e. The Hall–Kier alpha value is -2.62. The average Bonchev–Trinajstić information content (AvgIpc) is 2.83. The number of hydrogen-bond donors (Lipinski definition) is 1. The van der Waals surface area contributed by atoms with E-state index in [0.29, 0.717) is 12.3 Å². The summed E-state index contributed by atoms with van der Waals surface area (Å²) in [7, 11) is -0.663. The molecule has 0 aliphatic carbocycles. The molecule has 8 nitrogen and oxygen atoms in total. The Kier molecular flexibility index (Phi) is 8.34. The van der Waals surface area contributed by atoms with Gasteiger partial charge in [0.25, 0.3) is 0 Å². The van der Waals surface area contributed by atoms with E-state index in [2.05, 4.69) is 9.62 Å². The molecule has 1 unspecified atom stereocenters. The first kappa shape index (κ1) is 25.0. The average molecular weight is 476 g/mol. The number of benzene rings is 2. The lowest BCUT2D eigenvalue weighted by molar-refractivity contribution is -0.133. The molecular weight excluding hydrogens is 442 g/mol. The van der Waals surface area contributed by atoms with Gasteiger partial charge in [-0.05, 0) is 47.9 Å². The van der Waals surface area contributed by atoms with E-state index in [9.17, 15) is 13.2 Å². The van der Waals surface area contributed by atoms with E-state index in [-0.39, 0.29) is 16.7 Å². The highest BCUT2D eigenvalue weighted by atomic mass is 32.2. The van der Waals surface area contributed by atoms with E-state index in [4.69, 9.17) is 9.47 Å². The molecule has 0 aromatic heterocycles. The zero-order chi connectivity index (χ0) is 24.0. The zero-order valence-electron chi connectivity index (χ0n) is 19.7. The lowest BCUT2D eigenvalue weighted by Gasteiger charge is -2.29. The molecule has 2 aromatic carbocycles. The molecule has 1 aliphatic heterocycles. The van der Waals surface area contributed by atoms with Crippen LogP contribution in [0, 0.1) is 5.92 Å². The van der Waals surface area contributed by atoms with Gasteiger partial charge in [-0.2, -0.15) is 4.72 Å². The van der Waals surface area contributed by atoms with Crippen molar-refractivity contribution < 1.29 is 22.7 Å². The maximum atomic E-state index is 13.2. The normalized spacial score (nSPS) is 15.4. The maximum absolute atomic E-state index is 13.2. The monoisotopic (exact) mass is 475 g/mol. The molecule has 1 heterocycles. The van der Waals surface area contributed by atoms with E-state index < -0.39 is 16.1 Å². The summed E-state index contributed by atoms with van der Waals surface area (Å²) in [6.45, 7) is 7.21. The third kappa shape index (κ3) is 6.46. The zero-order valence-corrected chi connectivity index (χ0v) is 20.5. The number of amides is 1. The molecule has 3 rings (SSSR count). The first-order valence-corrected chi connectivity index (χ1v) is 12.5. The van der Waals surface area contributed by atoms with E-state index in [1.165, 1.54) is 19.2 Å². The quantitative estimate of drug-likeness (QED) is 0.600. The van der Waals surface area contributed by atoms with Gasteiger partial charge in [0.05, 0.1) is 25.2 Å². The van der Waals surface area contributed by atoms with Gasteiger partial charge in [0, 0.05) is 32.4 Å². The SMILES string of the molecule is COc1ccc(S(=O)(=O)NC(C(=O)N(C)Cc2ccc(N3CCOCC3)cc2)C(C)C)cc1. The summed E-state index contributed by atoms with van der Waals surface area (Å²) in [6.07, 6.45) is 0. The van der Waals surface area contributed by atoms with Gasteiger partial charge in [0.1, 0.15) is 11.8 Å². The standard InChI is InChI=1S/C24H33N3O5S/c1-18(2)23(25-33(29,30)22-11-9-21(31-4)10-12-22)24(28)26(3)17-19-5-7-20(8-6-19)27-13-15-32-16-14-27/h5-12,18,23,25H,13-17H2,1-4H3. The number of nitrogens with zero attached hydrogens (tertiary/aromatic N) is 2. The van der Waals surface area contributed by atoms with Crippen LogP contribution in [0.15, 0.2) is 53.4 Å². The fourth-order valence-corrected chi connectivity index (χ4v) is 5.02. The van der Waals surface area contributed by atoms with Crippen LogP contribution in [0.25, 0.3) is 0 Å². The van der Waals surface area contributed by atoms with Crippen molar-refractivity contribution in [2.24, 2.45) is 5.92 Å². The molecule has 1 fully saturated rings. The Bertz CT molecular complexity index is 1020. The van der Waals surface area contributed by atoms with E-state index in [0.717, 1.165) is 37.6 Å². The minimum absolute atomic E-state index is 0.0862. The summed E-state index contributed by atoms with van der Waals surface area (Å²) < 4.78 is 38.8. The molecule has 2 aromatic rings. The molecule has 0 bridgehead atoms. The first-order chi connectivity index (χ1) is 15.7. The number of carbonyl (C=O) groups excluding carboxylic acids is 1. The van der Waals surface area contributed by atoms with Crippen molar-refractivity contribution in [3.8, 4) is 5.75 Å². The summed E-state index contributed by atoms with van der Waals surface area (Å²) in [6, 6.07) is 13.3. The van der Waals surface area contributed by atoms with Crippen molar-refractivity contribution in [2.75, 3.05) is 45.4 Å². The van der Waals surface area contributed by atoms with Gasteiger partial charge >= 0.3 is 0 Å². The molecule has 9 heteroatoms. The molecule has 1 atom stereocenters. The van der Waals surface area contributed by atoms with Gasteiger partial charge in [-0.1, -0.05) is 26.0 Å². The van der Waals surface area contributed by atoms with Crippen LogP contribution in [0.3, 0.4) is 0 Å². The molecule has 180 valence electrons. The van der Waals surface area contributed by atoms with Crippen LogP contribution in [0.4, 0.5) is 5.69 Å². The Morgan fingerprint density at radius 3 is 2.24 bits per heavy atom. The van der Waals surface area contributed by atoms with Crippen molar-refractivity contribution in [3.05, 3.63) is 54.1 Å². The molecule has 0 saturated carbocycles. The van der Waals surface area contributed by atoms with Crippen LogP contribution in [0.2, 0.25) is 0 Å². The number of nitrogens with one attached hydrogen (secondary N) is 1. The molecule has 1 amide bonds. The van der Waals surface area contributed by atoms with Crippen molar-refractivity contribution in [1.29, 1.82) is 0 Å². The van der Waals surface area contributed by atoms with Crippen molar-refractivity contribution in [2.45, 2.75) is 31.3 Å². The highest BCUT2D eigenvalue weighted by Gasteiger charge is 2.30. The van der Waals surface area contributed by atoms with Gasteiger partial charge in [0.2, 0.25) is 15.9 Å². The summed E-state index contributed by atoms with van der Waals surface area (Å²) in [5, 5.41) is 0. The predicted octanol–water partition coefficient (Wildman–Crippen LogP) is 2.49. The van der Waals surface area contributed by atoms with Crippen LogP contribution in [-0.4, -0.2) is 65.7 Å². The van der Waals surface area contributed by atoms with Crippen molar-refractivity contribution >= 4 is 21.6 Å². The largest absolute Gasteiger partial charge is 0.497 e. The van der Waals surface area contributed by atoms with Crippen LogP contribution in [0.5, 0.6) is 5.75 Å². The van der Waals surface area contributed by atoms with Crippen LogP contribution in [0.1, 0.15) is 19.4 Å². The second-order valence-electron chi connectivity index (χ2n) is 8.48. The summed E-state index contributed by atoms with van der Waals surface area (Å²) >= 11 is 0. The molecule has 0 radical (unpaired) electrons. The Labute approximate surface area is 196 Å². The third-order valence-electron chi connectivity index (χ3n) is 5.69. The van der Waals surface area contributed by atoms with Gasteiger partial charge in [0.15, 0.2) is 0 Å². The number of hydrogen-bond acceptors (Lipinski definition) is 6. The van der Waals surface area contributed by atoms with Crippen LogP contribution >= 0.6 is 0 Å². The molecule has 1 aliphatic rings. The van der Waals surface area contributed by atoms with E-state index >= 15 is 0 Å². The molecule has 33 heavy (non-hydrogen) atoms. The topological polar surface area (TPSA) is 88.2 Å². The number of anilines is 1. The number of likely N-dealkylation sites (N-methyl/N-ethyl adjacent to an activating group) is 1. The van der Waals surface area contributed by atoms with Crippen molar-refractivity contribution in [3.63, 3.8) is 0 Å². The van der Waals surface area contributed by atoms with Gasteiger partial charge < -0.3 is 19.3 Å². The Balaban J connectivity index is 1.66. The fraction of sp³-hybridized carbons (Fsp3) is 0.458. The second kappa shape index (κ2) is 11.0. The number of carbonyl (C=O) groups is 1. The molecule has 1 saturated heterocycles. The van der Waals surface area contributed by atoms with Gasteiger partial charge in [-0.25, -0.2) is 8.42 Å². The number of rotatable bonds is 9. The number of ether oxygens (including phenoxy) is 2. The summed E-state index contributed by atoms with van der Waals surface area (Å²) in [5.74, 6) is 0.0563. The Morgan fingerprint density at radius 2 is 1.70 bits per heavy atom. The lowest BCUT2D eigenvalue weighted by atomic mass is 10.0. The molecule has 0 spiro atoms. The van der Waals surface area contributed by atoms with E-state index in [1.807, 2.05) is 38.1 Å². The van der Waals surface area contributed by atoms with Crippen LogP contribution in [-0.2, 0) is 26.1 Å². The first-order valence-electron chi connectivity index (χ1n) is 11.0. The predicted molar refractivity (Wildman–Crippen MR) is 128 cm³/mol. The molecular formula is C24H33N3O5S. The van der Waals surface area contributed by atoms with Gasteiger partial charge in [-0.3, -0.25) is 4.79 Å². The minimum atomic E-state index is -3.87. The molecule has 1 N–H and O–H groups in total. The summed E-state index contributed by atoms with van der Waals surface area (Å²) in [5.41, 5.74) is 2.10. The number of morpholine rings is 1. The third-order valence-corrected chi connectivity index (χ3v) is 7.15. The summed E-state index contributed by atoms with van der Waals surface area (Å²) in [4.78, 5) is 17.1. The minimum Gasteiger partial charge on any atom is -0.497 e. The van der Waals surface area contributed by atoms with E-state index in [1.54, 1.807) is 24.1 Å². The van der Waals surface area contributed by atoms with Gasteiger partial charge in [-0.15, -0.1) is 0 Å². The Morgan fingerprint density at radius 1 is 1.09 bits per heavy atom. The van der Waals surface area contributed by atoms with Crippen molar-refractivity contribution in [1.82, 2.24) is 9.62 Å². The number of sulfonamides is 1. The lowest BCUT2D eigenvalue weighted by Crippen LogP contribution is -2.49. The second-order valence-corrected chi connectivity index (χ2v) is 10.2.